The molecule has 0 radical (unpaired) electrons. The Kier molecular flexibility index (Phi) is 4.24. The molecular weight excluding hydrogens is 250 g/mol. The van der Waals surface area contributed by atoms with Crippen LogP contribution in [0.3, 0.4) is 0 Å². The summed E-state index contributed by atoms with van der Waals surface area (Å²) in [6.45, 7) is 8.26. The molecule has 2 saturated heterocycles. The Hall–Kier alpha value is -1.10. The van der Waals surface area contributed by atoms with Gasteiger partial charge in [0, 0.05) is 44.0 Å². The zero-order valence-corrected chi connectivity index (χ0v) is 12.3. The highest BCUT2D eigenvalue weighted by molar-refractivity contribution is 5.49. The Morgan fingerprint density at radius 3 is 2.50 bits per heavy atom. The average molecular weight is 275 g/mol. The maximum Gasteiger partial charge on any atom is 0.0594 e. The lowest BCUT2D eigenvalue weighted by atomic mass is 10.1. The number of nitrogens with two attached hydrogens (primary N) is 1. The van der Waals surface area contributed by atoms with Crippen LogP contribution in [0.15, 0.2) is 24.3 Å². The number of nitrogens with zero attached hydrogens (tertiary/aromatic N) is 2. The van der Waals surface area contributed by atoms with Gasteiger partial charge < -0.3 is 15.4 Å². The molecule has 2 fully saturated rings. The Labute approximate surface area is 121 Å². The van der Waals surface area contributed by atoms with Crippen LogP contribution in [0.2, 0.25) is 0 Å². The fourth-order valence-corrected chi connectivity index (χ4v) is 3.21. The number of hydrogen-bond acceptors (Lipinski definition) is 4. The fourth-order valence-electron chi connectivity index (χ4n) is 3.21. The topological polar surface area (TPSA) is 41.7 Å². The van der Waals surface area contributed by atoms with Gasteiger partial charge in [0.25, 0.3) is 0 Å². The van der Waals surface area contributed by atoms with Gasteiger partial charge in [0.2, 0.25) is 0 Å². The highest BCUT2D eigenvalue weighted by atomic mass is 16.5. The van der Waals surface area contributed by atoms with E-state index in [1.807, 2.05) is 6.92 Å². The van der Waals surface area contributed by atoms with Gasteiger partial charge in [-0.3, -0.25) is 4.90 Å². The van der Waals surface area contributed by atoms with E-state index >= 15 is 0 Å². The van der Waals surface area contributed by atoms with Crippen molar-refractivity contribution in [3.63, 3.8) is 0 Å². The molecule has 2 N–H and O–H groups in total. The number of hydrogen-bond donors (Lipinski definition) is 1. The SMILES string of the molecule is C[C@H](N)c1ccc(N2CCC(N3CCOCC3)C2)cc1. The van der Waals surface area contributed by atoms with E-state index in [2.05, 4.69) is 34.1 Å². The quantitative estimate of drug-likeness (QED) is 0.910. The van der Waals surface area contributed by atoms with Crippen molar-refractivity contribution in [1.82, 2.24) is 4.90 Å². The van der Waals surface area contributed by atoms with Crippen LogP contribution >= 0.6 is 0 Å². The number of rotatable bonds is 3. The molecule has 1 unspecified atom stereocenters. The molecule has 4 heteroatoms. The first-order valence-electron chi connectivity index (χ1n) is 7.66. The summed E-state index contributed by atoms with van der Waals surface area (Å²) < 4.78 is 5.44. The summed E-state index contributed by atoms with van der Waals surface area (Å²) in [5.74, 6) is 0. The lowest BCUT2D eigenvalue weighted by molar-refractivity contribution is 0.0209. The summed E-state index contributed by atoms with van der Waals surface area (Å²) in [6, 6.07) is 9.53. The minimum atomic E-state index is 0.115. The van der Waals surface area contributed by atoms with Gasteiger partial charge in [-0.1, -0.05) is 12.1 Å². The van der Waals surface area contributed by atoms with Crippen LogP contribution in [-0.2, 0) is 4.74 Å². The van der Waals surface area contributed by atoms with Gasteiger partial charge in [0.1, 0.15) is 0 Å². The molecule has 2 aliphatic rings. The summed E-state index contributed by atoms with van der Waals surface area (Å²) in [4.78, 5) is 5.07. The lowest BCUT2D eigenvalue weighted by Gasteiger charge is -2.32. The second kappa shape index (κ2) is 6.12. The molecule has 0 bridgehead atoms. The first-order chi connectivity index (χ1) is 9.74. The molecule has 1 aromatic rings. The van der Waals surface area contributed by atoms with E-state index in [9.17, 15) is 0 Å². The Bertz CT molecular complexity index is 426. The number of ether oxygens (including phenoxy) is 1. The normalized spacial score (nSPS) is 25.9. The minimum absolute atomic E-state index is 0.115. The molecular formula is C16H25N3O. The highest BCUT2D eigenvalue weighted by Crippen LogP contribution is 2.24. The van der Waals surface area contributed by atoms with Crippen molar-refractivity contribution in [1.29, 1.82) is 0 Å². The molecule has 20 heavy (non-hydrogen) atoms. The molecule has 3 rings (SSSR count). The standard InChI is InChI=1S/C16H25N3O/c1-13(17)14-2-4-15(5-3-14)19-7-6-16(12-19)18-8-10-20-11-9-18/h2-5,13,16H,6-12,17H2,1H3/t13-,16?/m0/s1. The van der Waals surface area contributed by atoms with Gasteiger partial charge in [-0.15, -0.1) is 0 Å². The molecule has 1 aromatic carbocycles. The van der Waals surface area contributed by atoms with Crippen LogP contribution in [0.1, 0.15) is 24.9 Å². The summed E-state index contributed by atoms with van der Waals surface area (Å²) in [5, 5.41) is 0. The summed E-state index contributed by atoms with van der Waals surface area (Å²) in [5.41, 5.74) is 8.44. The Morgan fingerprint density at radius 1 is 1.15 bits per heavy atom. The van der Waals surface area contributed by atoms with Crippen LogP contribution < -0.4 is 10.6 Å². The van der Waals surface area contributed by atoms with Gasteiger partial charge in [-0.05, 0) is 31.0 Å². The molecule has 0 aromatic heterocycles. The Balaban J connectivity index is 1.61. The van der Waals surface area contributed by atoms with Crippen LogP contribution in [-0.4, -0.2) is 50.3 Å². The van der Waals surface area contributed by atoms with E-state index in [0.29, 0.717) is 6.04 Å². The van der Waals surface area contributed by atoms with E-state index in [4.69, 9.17) is 10.5 Å². The molecule has 2 atom stereocenters. The zero-order chi connectivity index (χ0) is 13.9. The smallest absolute Gasteiger partial charge is 0.0594 e. The van der Waals surface area contributed by atoms with Crippen molar-refractivity contribution < 1.29 is 4.74 Å². The molecule has 4 nitrogen and oxygen atoms in total. The maximum atomic E-state index is 5.90. The third-order valence-corrected chi connectivity index (χ3v) is 4.51. The summed E-state index contributed by atoms with van der Waals surface area (Å²) in [6.07, 6.45) is 1.26. The van der Waals surface area contributed by atoms with E-state index in [1.165, 1.54) is 17.7 Å². The minimum Gasteiger partial charge on any atom is -0.379 e. The van der Waals surface area contributed by atoms with Crippen molar-refractivity contribution in [2.24, 2.45) is 5.73 Å². The average Bonchev–Trinajstić information content (AvgIpc) is 2.98. The third kappa shape index (κ3) is 2.97. The predicted octanol–water partition coefficient (Wildman–Crippen LogP) is 1.62. The van der Waals surface area contributed by atoms with Gasteiger partial charge in [-0.25, -0.2) is 0 Å². The van der Waals surface area contributed by atoms with Gasteiger partial charge >= 0.3 is 0 Å². The van der Waals surface area contributed by atoms with Crippen molar-refractivity contribution in [3.05, 3.63) is 29.8 Å². The van der Waals surface area contributed by atoms with E-state index in [-0.39, 0.29) is 6.04 Å². The number of benzene rings is 1. The predicted molar refractivity (Wildman–Crippen MR) is 82.1 cm³/mol. The second-order valence-corrected chi connectivity index (χ2v) is 5.92. The number of morpholine rings is 1. The second-order valence-electron chi connectivity index (χ2n) is 5.92. The molecule has 0 aliphatic carbocycles. The summed E-state index contributed by atoms with van der Waals surface area (Å²) >= 11 is 0. The molecule has 110 valence electrons. The largest absolute Gasteiger partial charge is 0.379 e. The monoisotopic (exact) mass is 275 g/mol. The van der Waals surface area contributed by atoms with Gasteiger partial charge in [-0.2, -0.15) is 0 Å². The fraction of sp³-hybridized carbons (Fsp3) is 0.625. The van der Waals surface area contributed by atoms with Crippen molar-refractivity contribution >= 4 is 5.69 Å². The van der Waals surface area contributed by atoms with Crippen molar-refractivity contribution in [2.75, 3.05) is 44.3 Å². The van der Waals surface area contributed by atoms with Crippen LogP contribution in [0.4, 0.5) is 5.69 Å². The van der Waals surface area contributed by atoms with Gasteiger partial charge in [0.15, 0.2) is 0 Å². The molecule has 0 spiro atoms. The first-order valence-corrected chi connectivity index (χ1v) is 7.66. The van der Waals surface area contributed by atoms with E-state index < -0.39 is 0 Å². The highest BCUT2D eigenvalue weighted by Gasteiger charge is 2.28. The number of anilines is 1. The lowest BCUT2D eigenvalue weighted by Crippen LogP contribution is -2.44. The first kappa shape index (κ1) is 13.9. The maximum absolute atomic E-state index is 5.90. The molecule has 0 saturated carbocycles. The zero-order valence-electron chi connectivity index (χ0n) is 12.3. The molecule has 2 heterocycles. The molecule has 0 amide bonds. The van der Waals surface area contributed by atoms with Crippen LogP contribution in [0.5, 0.6) is 0 Å². The van der Waals surface area contributed by atoms with E-state index in [0.717, 1.165) is 39.4 Å². The van der Waals surface area contributed by atoms with Crippen LogP contribution in [0, 0.1) is 0 Å². The van der Waals surface area contributed by atoms with Gasteiger partial charge in [0.05, 0.1) is 13.2 Å². The van der Waals surface area contributed by atoms with E-state index in [1.54, 1.807) is 0 Å². The van der Waals surface area contributed by atoms with Crippen molar-refractivity contribution in [2.45, 2.75) is 25.4 Å². The molecule has 2 aliphatic heterocycles. The summed E-state index contributed by atoms with van der Waals surface area (Å²) in [7, 11) is 0. The van der Waals surface area contributed by atoms with Crippen molar-refractivity contribution in [3.8, 4) is 0 Å². The third-order valence-electron chi connectivity index (χ3n) is 4.51. The Morgan fingerprint density at radius 2 is 1.85 bits per heavy atom. The van der Waals surface area contributed by atoms with Crippen LogP contribution in [0.25, 0.3) is 0 Å².